The van der Waals surface area contributed by atoms with Crippen molar-refractivity contribution in [2.45, 2.75) is 25.7 Å². The molecule has 0 aromatic heterocycles. The molecule has 2 heteroatoms. The molecule has 2 aliphatic rings. The molecule has 2 atom stereocenters. The number of rotatable bonds is 2. The minimum atomic E-state index is 0.524. The van der Waals surface area contributed by atoms with Gasteiger partial charge in [0.2, 0.25) is 0 Å². The minimum Gasteiger partial charge on any atom is -0.496 e. The summed E-state index contributed by atoms with van der Waals surface area (Å²) in [6.45, 7) is 0.852. The van der Waals surface area contributed by atoms with E-state index in [1.165, 1.54) is 36.8 Å². The van der Waals surface area contributed by atoms with Crippen LogP contribution in [0.4, 0.5) is 0 Å². The van der Waals surface area contributed by atoms with Gasteiger partial charge in [0.25, 0.3) is 0 Å². The van der Waals surface area contributed by atoms with Crippen molar-refractivity contribution in [3.8, 4) is 5.75 Å². The summed E-state index contributed by atoms with van der Waals surface area (Å²) in [5.74, 6) is 1.82. The zero-order valence-corrected chi connectivity index (χ0v) is 9.83. The molecule has 1 spiro atoms. The number of aryl methyl sites for hydroxylation is 1. The van der Waals surface area contributed by atoms with E-state index >= 15 is 0 Å². The van der Waals surface area contributed by atoms with Gasteiger partial charge in [0.05, 0.1) is 7.11 Å². The maximum Gasteiger partial charge on any atom is 0.122 e. The normalized spacial score (nSPS) is 31.2. The molecular weight excluding hydrogens is 198 g/mol. The third kappa shape index (κ3) is 1.36. The quantitative estimate of drug-likeness (QED) is 0.823. The summed E-state index contributed by atoms with van der Waals surface area (Å²) in [5, 5.41) is 0. The van der Waals surface area contributed by atoms with E-state index in [0.29, 0.717) is 5.41 Å². The molecule has 1 aromatic rings. The highest BCUT2D eigenvalue weighted by Crippen LogP contribution is 2.60. The largest absolute Gasteiger partial charge is 0.496 e. The Bertz CT molecular complexity index is 401. The molecule has 3 rings (SSSR count). The summed E-state index contributed by atoms with van der Waals surface area (Å²) in [4.78, 5) is 0. The molecule has 0 aliphatic heterocycles. The third-order valence-electron chi connectivity index (χ3n) is 4.51. The van der Waals surface area contributed by atoms with E-state index < -0.39 is 0 Å². The van der Waals surface area contributed by atoms with Crippen molar-refractivity contribution in [1.82, 2.24) is 0 Å². The first-order chi connectivity index (χ1) is 7.79. The molecule has 0 saturated heterocycles. The fraction of sp³-hybridized carbons (Fsp3) is 0.571. The first-order valence-electron chi connectivity index (χ1n) is 6.14. The maximum absolute atomic E-state index is 5.80. The number of ether oxygens (including phenoxy) is 1. The Kier molecular flexibility index (Phi) is 2.21. The van der Waals surface area contributed by atoms with Gasteiger partial charge in [0.1, 0.15) is 5.75 Å². The predicted molar refractivity (Wildman–Crippen MR) is 64.6 cm³/mol. The molecule has 2 unspecified atom stereocenters. The highest BCUT2D eigenvalue weighted by Gasteiger charge is 2.54. The van der Waals surface area contributed by atoms with Gasteiger partial charge in [-0.1, -0.05) is 12.1 Å². The van der Waals surface area contributed by atoms with Crippen LogP contribution in [0.2, 0.25) is 0 Å². The van der Waals surface area contributed by atoms with E-state index in [9.17, 15) is 0 Å². The van der Waals surface area contributed by atoms with Crippen LogP contribution < -0.4 is 10.5 Å². The van der Waals surface area contributed by atoms with E-state index in [2.05, 4.69) is 18.2 Å². The summed E-state index contributed by atoms with van der Waals surface area (Å²) < 4.78 is 5.47. The van der Waals surface area contributed by atoms with Crippen LogP contribution in [0.5, 0.6) is 5.75 Å². The Labute approximate surface area is 96.8 Å². The highest BCUT2D eigenvalue weighted by molar-refractivity contribution is 5.44. The second-order valence-electron chi connectivity index (χ2n) is 5.27. The zero-order valence-electron chi connectivity index (χ0n) is 9.83. The molecule has 0 bridgehead atoms. The van der Waals surface area contributed by atoms with Crippen LogP contribution in [0.25, 0.3) is 0 Å². The van der Waals surface area contributed by atoms with Gasteiger partial charge >= 0.3 is 0 Å². The summed E-state index contributed by atoms with van der Waals surface area (Å²) >= 11 is 0. The lowest BCUT2D eigenvalue weighted by Gasteiger charge is -2.27. The van der Waals surface area contributed by atoms with Crippen LogP contribution in [0.3, 0.4) is 0 Å². The van der Waals surface area contributed by atoms with Crippen molar-refractivity contribution in [3.05, 3.63) is 29.3 Å². The number of fused-ring (bicyclic) bond motifs is 1. The monoisotopic (exact) mass is 217 g/mol. The van der Waals surface area contributed by atoms with E-state index in [0.717, 1.165) is 18.2 Å². The van der Waals surface area contributed by atoms with E-state index in [-0.39, 0.29) is 0 Å². The summed E-state index contributed by atoms with van der Waals surface area (Å²) in [6, 6.07) is 6.42. The predicted octanol–water partition coefficient (Wildman–Crippen LogP) is 2.15. The lowest BCUT2D eigenvalue weighted by atomic mass is 9.79. The lowest BCUT2D eigenvalue weighted by Crippen LogP contribution is -2.20. The van der Waals surface area contributed by atoms with Gasteiger partial charge in [0.15, 0.2) is 0 Å². The number of hydrogen-bond acceptors (Lipinski definition) is 2. The van der Waals surface area contributed by atoms with Crippen LogP contribution >= 0.6 is 0 Å². The second-order valence-corrected chi connectivity index (χ2v) is 5.27. The molecule has 0 heterocycles. The van der Waals surface area contributed by atoms with Crippen molar-refractivity contribution in [2.75, 3.05) is 13.7 Å². The van der Waals surface area contributed by atoms with Gasteiger partial charge < -0.3 is 10.5 Å². The topological polar surface area (TPSA) is 35.2 Å². The summed E-state index contributed by atoms with van der Waals surface area (Å²) in [6.07, 6.45) is 5.01. The average molecular weight is 217 g/mol. The Morgan fingerprint density at radius 2 is 2.38 bits per heavy atom. The average Bonchev–Trinajstić information content (AvgIpc) is 3.01. The Hall–Kier alpha value is -1.02. The van der Waals surface area contributed by atoms with Gasteiger partial charge in [-0.05, 0) is 60.8 Å². The van der Waals surface area contributed by atoms with Gasteiger partial charge in [-0.25, -0.2) is 0 Å². The van der Waals surface area contributed by atoms with Crippen LogP contribution in [-0.2, 0) is 12.8 Å². The molecule has 1 fully saturated rings. The van der Waals surface area contributed by atoms with Crippen LogP contribution in [0.15, 0.2) is 18.2 Å². The van der Waals surface area contributed by atoms with Gasteiger partial charge in [0, 0.05) is 0 Å². The SMILES string of the molecule is COc1cccc2c1CC1(CC2)CC1CN. The van der Waals surface area contributed by atoms with Crippen LogP contribution in [-0.4, -0.2) is 13.7 Å². The third-order valence-corrected chi connectivity index (χ3v) is 4.51. The second kappa shape index (κ2) is 3.49. The molecular formula is C14H19NO. The highest BCUT2D eigenvalue weighted by atomic mass is 16.5. The van der Waals surface area contributed by atoms with E-state index in [1.807, 2.05) is 0 Å². The molecule has 0 radical (unpaired) electrons. The van der Waals surface area contributed by atoms with Gasteiger partial charge in [-0.3, -0.25) is 0 Å². The number of nitrogens with two attached hydrogens (primary N) is 1. The fourth-order valence-electron chi connectivity index (χ4n) is 3.35. The smallest absolute Gasteiger partial charge is 0.122 e. The van der Waals surface area contributed by atoms with E-state index in [1.54, 1.807) is 7.11 Å². The minimum absolute atomic E-state index is 0.524. The first kappa shape index (κ1) is 10.2. The standard InChI is InChI=1S/C14H19NO/c1-16-13-4-2-3-10-5-6-14(8-12(10)13)7-11(14)9-15/h2-4,11H,5-9,15H2,1H3. The lowest BCUT2D eigenvalue weighted by molar-refractivity contribution is 0.366. The van der Waals surface area contributed by atoms with Crippen LogP contribution in [0, 0.1) is 11.3 Å². The van der Waals surface area contributed by atoms with Gasteiger partial charge in [-0.2, -0.15) is 0 Å². The Morgan fingerprint density at radius 1 is 1.50 bits per heavy atom. The number of methoxy groups -OCH3 is 1. The number of benzene rings is 1. The Balaban J connectivity index is 1.93. The van der Waals surface area contributed by atoms with Gasteiger partial charge in [-0.15, -0.1) is 0 Å². The summed E-state index contributed by atoms with van der Waals surface area (Å²) in [5.41, 5.74) is 9.24. The molecule has 86 valence electrons. The van der Waals surface area contributed by atoms with Crippen molar-refractivity contribution in [2.24, 2.45) is 17.1 Å². The molecule has 1 saturated carbocycles. The Morgan fingerprint density at radius 3 is 3.06 bits per heavy atom. The molecule has 2 N–H and O–H groups in total. The maximum atomic E-state index is 5.80. The zero-order chi connectivity index (χ0) is 11.2. The molecule has 1 aromatic carbocycles. The van der Waals surface area contributed by atoms with Crippen molar-refractivity contribution >= 4 is 0 Å². The fourth-order valence-corrected chi connectivity index (χ4v) is 3.35. The molecule has 2 aliphatic carbocycles. The summed E-state index contributed by atoms with van der Waals surface area (Å²) in [7, 11) is 1.77. The first-order valence-corrected chi connectivity index (χ1v) is 6.14. The molecule has 0 amide bonds. The van der Waals surface area contributed by atoms with Crippen molar-refractivity contribution in [1.29, 1.82) is 0 Å². The number of hydrogen-bond donors (Lipinski definition) is 1. The van der Waals surface area contributed by atoms with Crippen LogP contribution in [0.1, 0.15) is 24.0 Å². The van der Waals surface area contributed by atoms with E-state index in [4.69, 9.17) is 10.5 Å². The van der Waals surface area contributed by atoms with Crippen molar-refractivity contribution < 1.29 is 4.74 Å². The van der Waals surface area contributed by atoms with Crippen molar-refractivity contribution in [3.63, 3.8) is 0 Å². The molecule has 2 nitrogen and oxygen atoms in total. The molecule has 16 heavy (non-hydrogen) atoms.